The smallest absolute Gasteiger partial charge is 0.132 e. The molecular weight excluding hydrogens is 110 g/mol. The second-order valence-electron chi connectivity index (χ2n) is 1.16. The van der Waals surface area contributed by atoms with Gasteiger partial charge in [-0.15, -0.1) is 0 Å². The molecule has 1 aliphatic heterocycles. The topological polar surface area (TPSA) is 21.6 Å². The Bertz CT molecular complexity index is 75.8. The van der Waals surface area contributed by atoms with Crippen LogP contribution in [0.3, 0.4) is 0 Å². The zero-order valence-corrected chi connectivity index (χ0v) is 4.81. The minimum Gasteiger partial charge on any atom is -0.368 e. The van der Waals surface area contributed by atoms with E-state index in [9.17, 15) is 0 Å². The number of methoxy groups -OCH3 is 1. The average molecular weight is 116 g/mol. The van der Waals surface area contributed by atoms with Crippen LogP contribution in [-0.4, -0.2) is 18.8 Å². The molecule has 0 N–H and O–H groups in total. The van der Waals surface area contributed by atoms with E-state index in [1.165, 1.54) is 11.9 Å². The van der Waals surface area contributed by atoms with Crippen LogP contribution >= 0.6 is 11.9 Å². The Balaban J connectivity index is 2.22. The first-order chi connectivity index (χ1) is 3.43. The summed E-state index contributed by atoms with van der Waals surface area (Å²) in [5.41, 5.74) is 0.167. The minimum absolute atomic E-state index is 0.167. The maximum absolute atomic E-state index is 4.89. The third kappa shape index (κ3) is 1.17. The van der Waals surface area contributed by atoms with Crippen LogP contribution in [0.5, 0.6) is 0 Å². The number of hydrogen-bond donors (Lipinski definition) is 0. The van der Waals surface area contributed by atoms with Crippen molar-refractivity contribution in [1.82, 2.24) is 0 Å². The summed E-state index contributed by atoms with van der Waals surface area (Å²) in [6.45, 7) is 0. The molecule has 0 amide bonds. The maximum atomic E-state index is 4.89. The van der Waals surface area contributed by atoms with E-state index in [1.807, 2.05) is 6.42 Å². The predicted molar refractivity (Wildman–Crippen MR) is 31.2 cm³/mol. The van der Waals surface area contributed by atoms with Gasteiger partial charge in [-0.1, -0.05) is 0 Å². The number of nitrogens with zero attached hydrogens (tertiary/aromatic N) is 1. The molecule has 39 valence electrons. The number of ether oxygens (including phenoxy) is 1. The van der Waals surface area contributed by atoms with Gasteiger partial charge in [-0.3, -0.25) is 0 Å². The molecule has 0 saturated carbocycles. The lowest BCUT2D eigenvalue weighted by atomic mass is 10.5. The molecule has 0 bridgehead atoms. The number of rotatable bonds is 1. The normalized spacial score (nSPS) is 29.0. The minimum atomic E-state index is 0.167. The van der Waals surface area contributed by atoms with Gasteiger partial charge in [-0.2, -0.15) is 0 Å². The Kier molecular flexibility index (Phi) is 1.70. The van der Waals surface area contributed by atoms with Gasteiger partial charge < -0.3 is 4.74 Å². The second kappa shape index (κ2) is 2.33. The van der Waals surface area contributed by atoms with Gasteiger partial charge in [-0.05, 0) is 0 Å². The van der Waals surface area contributed by atoms with Crippen molar-refractivity contribution in [2.45, 2.75) is 5.44 Å². The Morgan fingerprint density at radius 3 is 3.00 bits per heavy atom. The van der Waals surface area contributed by atoms with E-state index in [2.05, 4.69) is 4.40 Å². The molecule has 1 rings (SSSR count). The fourth-order valence-corrected chi connectivity index (χ4v) is 0.844. The highest BCUT2D eigenvalue weighted by molar-refractivity contribution is 7.99. The summed E-state index contributed by atoms with van der Waals surface area (Å²) in [5.74, 6) is 0. The van der Waals surface area contributed by atoms with Crippen molar-refractivity contribution >= 4 is 18.2 Å². The van der Waals surface area contributed by atoms with Crippen LogP contribution in [0.4, 0.5) is 0 Å². The van der Waals surface area contributed by atoms with Gasteiger partial charge >= 0.3 is 0 Å². The van der Waals surface area contributed by atoms with Gasteiger partial charge in [-0.25, -0.2) is 4.40 Å². The van der Waals surface area contributed by atoms with E-state index < -0.39 is 0 Å². The second-order valence-corrected chi connectivity index (χ2v) is 2.04. The van der Waals surface area contributed by atoms with Crippen LogP contribution in [0.2, 0.25) is 0 Å². The van der Waals surface area contributed by atoms with Gasteiger partial charge in [0.2, 0.25) is 0 Å². The van der Waals surface area contributed by atoms with E-state index in [0.29, 0.717) is 0 Å². The summed E-state index contributed by atoms with van der Waals surface area (Å²) >= 11 is 1.43. The monoisotopic (exact) mass is 116 g/mol. The first-order valence-corrected chi connectivity index (χ1v) is 2.82. The van der Waals surface area contributed by atoms with Crippen molar-refractivity contribution in [3.63, 3.8) is 0 Å². The molecule has 0 aromatic carbocycles. The first kappa shape index (κ1) is 5.12. The Hall–Kier alpha value is -0.0200. The van der Waals surface area contributed by atoms with Crippen molar-refractivity contribution in [3.8, 4) is 0 Å². The van der Waals surface area contributed by atoms with Crippen molar-refractivity contribution < 1.29 is 4.74 Å². The summed E-state index contributed by atoms with van der Waals surface area (Å²) in [6.07, 6.45) is 3.66. The fourth-order valence-electron chi connectivity index (χ4n) is 0.357. The largest absolute Gasteiger partial charge is 0.368 e. The van der Waals surface area contributed by atoms with Crippen LogP contribution in [-0.2, 0) is 4.74 Å². The lowest BCUT2D eigenvalue weighted by Crippen LogP contribution is -1.99. The van der Waals surface area contributed by atoms with E-state index in [4.69, 9.17) is 4.74 Å². The van der Waals surface area contributed by atoms with Gasteiger partial charge in [0.1, 0.15) is 5.44 Å². The van der Waals surface area contributed by atoms with Gasteiger partial charge in [0.05, 0.1) is 0 Å². The molecule has 1 radical (unpaired) electrons. The van der Waals surface area contributed by atoms with E-state index in [0.717, 1.165) is 0 Å². The maximum Gasteiger partial charge on any atom is 0.132 e. The summed E-state index contributed by atoms with van der Waals surface area (Å²) in [7, 11) is 1.67. The first-order valence-electron chi connectivity index (χ1n) is 1.99. The molecule has 2 nitrogen and oxygen atoms in total. The molecule has 0 aromatic rings. The highest BCUT2D eigenvalue weighted by Crippen LogP contribution is 2.19. The van der Waals surface area contributed by atoms with Crippen LogP contribution in [0, 0.1) is 6.42 Å². The number of hydrogen-bond acceptors (Lipinski definition) is 3. The quantitative estimate of drug-likeness (QED) is 0.475. The van der Waals surface area contributed by atoms with Gasteiger partial charge in [0.15, 0.2) is 0 Å². The highest BCUT2D eigenvalue weighted by atomic mass is 32.2. The van der Waals surface area contributed by atoms with Crippen molar-refractivity contribution in [2.24, 2.45) is 4.40 Å². The summed E-state index contributed by atoms with van der Waals surface area (Å²) < 4.78 is 8.74. The molecule has 1 atom stereocenters. The molecular formula is C4H6NOS. The summed E-state index contributed by atoms with van der Waals surface area (Å²) in [4.78, 5) is 0. The van der Waals surface area contributed by atoms with Gasteiger partial charge in [0, 0.05) is 31.7 Å². The molecule has 0 spiro atoms. The lowest BCUT2D eigenvalue weighted by Gasteiger charge is -1.99. The predicted octanol–water partition coefficient (Wildman–Crippen LogP) is 0.896. The fraction of sp³-hybridized carbons (Fsp3) is 0.500. The Morgan fingerprint density at radius 2 is 2.71 bits per heavy atom. The molecule has 1 aliphatic rings. The highest BCUT2D eigenvalue weighted by Gasteiger charge is 2.09. The van der Waals surface area contributed by atoms with Crippen LogP contribution in [0.15, 0.2) is 4.40 Å². The SMILES string of the molecule is COC1[CH]C=NS1. The van der Waals surface area contributed by atoms with E-state index in [1.54, 1.807) is 13.3 Å². The van der Waals surface area contributed by atoms with Crippen molar-refractivity contribution in [2.75, 3.05) is 7.11 Å². The molecule has 1 unspecified atom stereocenters. The molecule has 1 heterocycles. The van der Waals surface area contributed by atoms with Crippen molar-refractivity contribution in [3.05, 3.63) is 6.42 Å². The van der Waals surface area contributed by atoms with Crippen molar-refractivity contribution in [1.29, 1.82) is 0 Å². The Labute approximate surface area is 47.1 Å². The molecule has 7 heavy (non-hydrogen) atoms. The molecule has 0 aromatic heterocycles. The Morgan fingerprint density at radius 1 is 1.86 bits per heavy atom. The molecule has 0 saturated heterocycles. The van der Waals surface area contributed by atoms with Crippen LogP contribution in [0.1, 0.15) is 0 Å². The third-order valence-corrected chi connectivity index (χ3v) is 1.50. The van der Waals surface area contributed by atoms with Gasteiger partial charge in [0.25, 0.3) is 0 Å². The zero-order chi connectivity index (χ0) is 5.11. The lowest BCUT2D eigenvalue weighted by molar-refractivity contribution is 0.203. The van der Waals surface area contributed by atoms with E-state index >= 15 is 0 Å². The zero-order valence-electron chi connectivity index (χ0n) is 4.00. The summed E-state index contributed by atoms with van der Waals surface area (Å²) in [5, 5.41) is 0. The molecule has 0 fully saturated rings. The standard InChI is InChI=1S/C4H6NOS/c1-6-4-2-3-5-7-4/h2-4H,1H3. The van der Waals surface area contributed by atoms with Crippen LogP contribution < -0.4 is 0 Å². The summed E-state index contributed by atoms with van der Waals surface area (Å²) in [6, 6.07) is 0. The average Bonchev–Trinajstić information content (AvgIpc) is 2.14. The molecule has 3 heteroatoms. The molecule has 0 aliphatic carbocycles. The van der Waals surface area contributed by atoms with Crippen LogP contribution in [0.25, 0.3) is 0 Å². The van der Waals surface area contributed by atoms with E-state index in [-0.39, 0.29) is 5.44 Å². The third-order valence-electron chi connectivity index (χ3n) is 0.701.